The Kier molecular flexibility index (Phi) is 9.00. The first-order valence-electron chi connectivity index (χ1n) is 13.0. The predicted octanol–water partition coefficient (Wildman–Crippen LogP) is 6.53. The largest absolute Gasteiger partial charge is 0.458 e. The second kappa shape index (κ2) is 12.2. The van der Waals surface area contributed by atoms with Crippen molar-refractivity contribution in [3.8, 4) is 22.4 Å². The number of hydrogen-bond acceptors (Lipinski definition) is 5. The summed E-state index contributed by atoms with van der Waals surface area (Å²) in [7, 11) is 0. The molecule has 0 spiro atoms. The summed E-state index contributed by atoms with van der Waals surface area (Å²) in [5.41, 5.74) is 1.20. The van der Waals surface area contributed by atoms with Gasteiger partial charge in [-0.25, -0.2) is 13.9 Å². The highest BCUT2D eigenvalue weighted by Crippen LogP contribution is 2.34. The van der Waals surface area contributed by atoms with E-state index in [2.05, 4.69) is 0 Å². The maximum Gasteiger partial charge on any atom is 0.332 e. The number of hydrogen-bond donors (Lipinski definition) is 0. The molecule has 2 aromatic carbocycles. The summed E-state index contributed by atoms with van der Waals surface area (Å²) < 4.78 is 27.3. The number of benzene rings is 2. The first-order chi connectivity index (χ1) is 18.1. The molecule has 0 bridgehead atoms. The quantitative estimate of drug-likeness (QED) is 0.304. The molecule has 1 aliphatic rings. The zero-order chi connectivity index (χ0) is 27.3. The maximum absolute atomic E-state index is 14.9. The Balaban J connectivity index is 1.44. The normalized spacial score (nSPS) is 17.8. The second-order valence-corrected chi connectivity index (χ2v) is 11.3. The molecule has 1 fully saturated rings. The van der Waals surface area contributed by atoms with Crippen LogP contribution >= 0.6 is 11.6 Å². The Hall–Kier alpha value is -3.03. The molecule has 0 aliphatic heterocycles. The molecule has 38 heavy (non-hydrogen) atoms. The van der Waals surface area contributed by atoms with Crippen LogP contribution in [-0.2, 0) is 20.8 Å². The lowest BCUT2D eigenvalue weighted by molar-refractivity contribution is -0.160. The fourth-order valence-electron chi connectivity index (χ4n) is 4.85. The van der Waals surface area contributed by atoms with Gasteiger partial charge in [0.1, 0.15) is 18.0 Å². The fraction of sp³-hybridized carbons (Fsp3) is 0.433. The van der Waals surface area contributed by atoms with Crippen LogP contribution < -0.4 is 5.56 Å². The average Bonchev–Trinajstić information content (AvgIpc) is 2.87. The van der Waals surface area contributed by atoms with Crippen molar-refractivity contribution in [2.75, 3.05) is 13.2 Å². The molecular formula is C30H34ClFN2O4. The van der Waals surface area contributed by atoms with Crippen LogP contribution in [0.25, 0.3) is 22.4 Å². The molecule has 1 saturated carbocycles. The van der Waals surface area contributed by atoms with Gasteiger partial charge in [0.05, 0.1) is 17.3 Å². The second-order valence-electron chi connectivity index (χ2n) is 10.9. The number of esters is 1. The van der Waals surface area contributed by atoms with Crippen LogP contribution in [0.15, 0.2) is 59.4 Å². The lowest BCUT2D eigenvalue weighted by Gasteiger charge is -2.28. The van der Waals surface area contributed by atoms with Gasteiger partial charge < -0.3 is 9.47 Å². The summed E-state index contributed by atoms with van der Waals surface area (Å²) in [6.45, 7) is 6.46. The van der Waals surface area contributed by atoms with Gasteiger partial charge in [-0.05, 0) is 64.4 Å². The molecule has 0 saturated heterocycles. The Labute approximate surface area is 227 Å². The summed E-state index contributed by atoms with van der Waals surface area (Å²) in [5, 5.41) is 4.72. The van der Waals surface area contributed by atoms with E-state index in [0.717, 1.165) is 31.2 Å². The minimum Gasteiger partial charge on any atom is -0.458 e. The molecule has 6 nitrogen and oxygen atoms in total. The SMILES string of the molecule is CC(C)(C)OC(=O)COC[C@H]1CC[C@H](Cn2nc(-c3ccccc3)c(-c3cccc(Cl)c3F)cc2=O)CC1. The van der Waals surface area contributed by atoms with Crippen LogP contribution in [0.2, 0.25) is 5.02 Å². The van der Waals surface area contributed by atoms with Gasteiger partial charge in [-0.1, -0.05) is 54.1 Å². The van der Waals surface area contributed by atoms with Crippen LogP contribution in [0.3, 0.4) is 0 Å². The molecule has 0 unspecified atom stereocenters. The Bertz CT molecular complexity index is 1310. The van der Waals surface area contributed by atoms with Crippen molar-refractivity contribution in [3.63, 3.8) is 0 Å². The number of halogens is 2. The van der Waals surface area contributed by atoms with Gasteiger partial charge in [0.25, 0.3) is 5.56 Å². The summed E-state index contributed by atoms with van der Waals surface area (Å²) in [4.78, 5) is 25.0. The number of aromatic nitrogens is 2. The zero-order valence-electron chi connectivity index (χ0n) is 22.1. The third-order valence-electron chi connectivity index (χ3n) is 6.68. The van der Waals surface area contributed by atoms with Gasteiger partial charge in [-0.2, -0.15) is 5.10 Å². The lowest BCUT2D eigenvalue weighted by atomic mass is 9.82. The van der Waals surface area contributed by atoms with Gasteiger partial charge in [0.15, 0.2) is 0 Å². The number of carbonyl (C=O) groups is 1. The van der Waals surface area contributed by atoms with Gasteiger partial charge in [0.2, 0.25) is 0 Å². The van der Waals surface area contributed by atoms with Gasteiger partial charge in [-0.3, -0.25) is 4.79 Å². The van der Waals surface area contributed by atoms with E-state index in [1.54, 1.807) is 12.1 Å². The minimum atomic E-state index is -0.572. The van der Waals surface area contributed by atoms with Gasteiger partial charge >= 0.3 is 5.97 Å². The van der Waals surface area contributed by atoms with E-state index in [9.17, 15) is 14.0 Å². The molecule has 1 aliphatic carbocycles. The summed E-state index contributed by atoms with van der Waals surface area (Å²) in [6.07, 6.45) is 3.76. The van der Waals surface area contributed by atoms with Crippen molar-refractivity contribution in [1.82, 2.24) is 9.78 Å². The standard InChI is InChI=1S/C30H34ClFN2O4/c1-30(2,3)38-27(36)19-37-18-21-14-12-20(13-15-21)17-34-26(35)16-24(23-10-7-11-25(31)28(23)32)29(33-34)22-8-5-4-6-9-22/h4-11,16,20-21H,12-15,17-19H2,1-3H3/t20-,21-. The fourth-order valence-corrected chi connectivity index (χ4v) is 5.03. The van der Waals surface area contributed by atoms with Crippen molar-refractivity contribution < 1.29 is 18.7 Å². The topological polar surface area (TPSA) is 70.4 Å². The van der Waals surface area contributed by atoms with Crippen molar-refractivity contribution >= 4 is 17.6 Å². The van der Waals surface area contributed by atoms with Gasteiger partial charge in [-0.15, -0.1) is 0 Å². The van der Waals surface area contributed by atoms with Crippen molar-refractivity contribution in [2.45, 2.75) is 58.6 Å². The van der Waals surface area contributed by atoms with Crippen LogP contribution in [0, 0.1) is 17.7 Å². The average molecular weight is 541 g/mol. The highest BCUT2D eigenvalue weighted by Gasteiger charge is 2.24. The number of carbonyl (C=O) groups excluding carboxylic acids is 1. The molecule has 0 atom stereocenters. The minimum absolute atomic E-state index is 0.00229. The van der Waals surface area contributed by atoms with Crippen molar-refractivity contribution in [2.24, 2.45) is 11.8 Å². The first-order valence-corrected chi connectivity index (χ1v) is 13.4. The summed E-state index contributed by atoms with van der Waals surface area (Å²) in [5.74, 6) is -0.268. The third kappa shape index (κ3) is 7.29. The Morgan fingerprint density at radius 2 is 1.71 bits per heavy atom. The summed E-state index contributed by atoms with van der Waals surface area (Å²) in [6, 6.07) is 15.7. The van der Waals surface area contributed by atoms with E-state index in [4.69, 9.17) is 26.2 Å². The molecule has 4 rings (SSSR count). The molecule has 0 radical (unpaired) electrons. The van der Waals surface area contributed by atoms with Crippen LogP contribution in [0.5, 0.6) is 0 Å². The zero-order valence-corrected chi connectivity index (χ0v) is 22.8. The number of nitrogens with zero attached hydrogens (tertiary/aromatic N) is 2. The molecular weight excluding hydrogens is 507 g/mol. The monoisotopic (exact) mass is 540 g/mol. The summed E-state index contributed by atoms with van der Waals surface area (Å²) >= 11 is 6.04. The Morgan fingerprint density at radius 3 is 2.39 bits per heavy atom. The van der Waals surface area contributed by atoms with E-state index >= 15 is 0 Å². The molecule has 3 aromatic rings. The molecule has 0 N–H and O–H groups in total. The van der Waals surface area contributed by atoms with Crippen molar-refractivity contribution in [1.29, 1.82) is 0 Å². The maximum atomic E-state index is 14.9. The molecule has 8 heteroatoms. The van der Waals surface area contributed by atoms with E-state index in [-0.39, 0.29) is 28.7 Å². The molecule has 1 heterocycles. The van der Waals surface area contributed by atoms with E-state index in [0.29, 0.717) is 36.2 Å². The molecule has 0 amide bonds. The van der Waals surface area contributed by atoms with Crippen LogP contribution in [0.4, 0.5) is 4.39 Å². The van der Waals surface area contributed by atoms with E-state index in [1.807, 2.05) is 51.1 Å². The Morgan fingerprint density at radius 1 is 1.03 bits per heavy atom. The molecule has 202 valence electrons. The van der Waals surface area contributed by atoms with E-state index in [1.165, 1.54) is 16.8 Å². The molecule has 1 aromatic heterocycles. The highest BCUT2D eigenvalue weighted by atomic mass is 35.5. The number of ether oxygens (including phenoxy) is 2. The lowest BCUT2D eigenvalue weighted by Crippen LogP contribution is -2.30. The number of rotatable bonds is 8. The highest BCUT2D eigenvalue weighted by molar-refractivity contribution is 6.31. The smallest absolute Gasteiger partial charge is 0.332 e. The third-order valence-corrected chi connectivity index (χ3v) is 6.97. The van der Waals surface area contributed by atoms with Crippen LogP contribution in [-0.4, -0.2) is 34.6 Å². The van der Waals surface area contributed by atoms with Gasteiger partial charge in [0, 0.05) is 29.3 Å². The first kappa shape index (κ1) is 28.0. The van der Waals surface area contributed by atoms with Crippen molar-refractivity contribution in [3.05, 3.63) is 75.8 Å². The predicted molar refractivity (Wildman–Crippen MR) is 146 cm³/mol. The van der Waals surface area contributed by atoms with Crippen LogP contribution in [0.1, 0.15) is 46.5 Å². The van der Waals surface area contributed by atoms with E-state index < -0.39 is 11.4 Å².